The van der Waals surface area contributed by atoms with Crippen molar-refractivity contribution in [3.8, 4) is 0 Å². The van der Waals surface area contributed by atoms with E-state index in [0.29, 0.717) is 5.92 Å². The second kappa shape index (κ2) is 4.43. The number of rotatable bonds is 3. The van der Waals surface area contributed by atoms with Crippen LogP contribution in [-0.4, -0.2) is 5.67 Å². The molecule has 0 aromatic carbocycles. The van der Waals surface area contributed by atoms with Gasteiger partial charge in [-0.2, -0.15) is 0 Å². The average Bonchev–Trinajstić information content (AvgIpc) is 2.03. The largest absolute Gasteiger partial charge is 0.244 e. The maximum Gasteiger partial charge on any atom is 0.105 e. The Morgan fingerprint density at radius 3 is 1.92 bits per heavy atom. The Labute approximate surface area is 81.9 Å². The molecule has 13 heavy (non-hydrogen) atoms. The lowest BCUT2D eigenvalue weighted by Crippen LogP contribution is -2.22. The van der Waals surface area contributed by atoms with Crippen LogP contribution in [0, 0.1) is 11.8 Å². The second-order valence-corrected chi connectivity index (χ2v) is 5.22. The van der Waals surface area contributed by atoms with Crippen molar-refractivity contribution >= 4 is 0 Å². The van der Waals surface area contributed by atoms with Crippen LogP contribution in [0.25, 0.3) is 0 Å². The van der Waals surface area contributed by atoms with E-state index in [-0.39, 0.29) is 0 Å². The van der Waals surface area contributed by atoms with Crippen LogP contribution >= 0.6 is 0 Å². The van der Waals surface area contributed by atoms with Crippen LogP contribution < -0.4 is 0 Å². The maximum absolute atomic E-state index is 13.4. The highest BCUT2D eigenvalue weighted by molar-refractivity contribution is 4.77. The van der Waals surface area contributed by atoms with Crippen molar-refractivity contribution in [3.05, 3.63) is 0 Å². The van der Waals surface area contributed by atoms with Crippen LogP contribution in [-0.2, 0) is 0 Å². The van der Waals surface area contributed by atoms with Crippen molar-refractivity contribution in [1.29, 1.82) is 0 Å². The van der Waals surface area contributed by atoms with Gasteiger partial charge in [0, 0.05) is 0 Å². The fourth-order valence-electron chi connectivity index (χ4n) is 2.53. The first-order chi connectivity index (χ1) is 6.01. The van der Waals surface area contributed by atoms with E-state index in [4.69, 9.17) is 0 Å². The molecule has 0 amide bonds. The van der Waals surface area contributed by atoms with E-state index >= 15 is 0 Å². The van der Waals surface area contributed by atoms with Crippen LogP contribution in [0.3, 0.4) is 0 Å². The lowest BCUT2D eigenvalue weighted by atomic mass is 9.77. The molecule has 78 valence electrons. The predicted octanol–water partition coefficient (Wildman–Crippen LogP) is 4.34. The molecule has 0 nitrogen and oxygen atoms in total. The molecule has 0 bridgehead atoms. The number of halogens is 1. The molecule has 0 radical (unpaired) electrons. The number of hydrogen-bond donors (Lipinski definition) is 0. The second-order valence-electron chi connectivity index (χ2n) is 5.22. The van der Waals surface area contributed by atoms with Crippen molar-refractivity contribution in [2.75, 3.05) is 0 Å². The fraction of sp³-hybridized carbons (Fsp3) is 1.00. The third kappa shape index (κ3) is 4.10. The summed E-state index contributed by atoms with van der Waals surface area (Å²) >= 11 is 0. The molecule has 0 heterocycles. The molecule has 0 unspecified atom stereocenters. The first kappa shape index (κ1) is 11.0. The average molecular weight is 186 g/mol. The summed E-state index contributed by atoms with van der Waals surface area (Å²) < 4.78 is 13.4. The molecule has 1 fully saturated rings. The third-order valence-corrected chi connectivity index (χ3v) is 3.32. The number of hydrogen-bond acceptors (Lipinski definition) is 0. The standard InChI is InChI=1S/C12H23F/c1-4-10-5-7-11(8-6-10)9-12(2,3)13/h10-11H,4-9H2,1-3H3. The van der Waals surface area contributed by atoms with E-state index in [1.807, 2.05) is 0 Å². The van der Waals surface area contributed by atoms with Gasteiger partial charge in [-0.1, -0.05) is 39.0 Å². The molecular formula is C12H23F. The molecule has 0 aromatic heterocycles. The van der Waals surface area contributed by atoms with Crippen molar-refractivity contribution in [2.45, 2.75) is 65.0 Å². The van der Waals surface area contributed by atoms with Gasteiger partial charge in [0.2, 0.25) is 0 Å². The molecule has 0 aliphatic heterocycles. The molecule has 1 heteroatoms. The molecule has 1 aliphatic carbocycles. The lowest BCUT2D eigenvalue weighted by molar-refractivity contribution is 0.137. The van der Waals surface area contributed by atoms with Gasteiger partial charge in [-0.15, -0.1) is 0 Å². The molecule has 1 rings (SSSR count). The van der Waals surface area contributed by atoms with Gasteiger partial charge in [0.15, 0.2) is 0 Å². The van der Waals surface area contributed by atoms with Crippen molar-refractivity contribution in [2.24, 2.45) is 11.8 Å². The summed E-state index contributed by atoms with van der Waals surface area (Å²) in [5.74, 6) is 1.58. The minimum atomic E-state index is -0.955. The van der Waals surface area contributed by atoms with Crippen LogP contribution in [0.15, 0.2) is 0 Å². The highest BCUT2D eigenvalue weighted by atomic mass is 19.1. The molecule has 0 atom stereocenters. The molecule has 0 saturated heterocycles. The van der Waals surface area contributed by atoms with E-state index in [1.54, 1.807) is 13.8 Å². The van der Waals surface area contributed by atoms with E-state index in [9.17, 15) is 4.39 Å². The Morgan fingerprint density at radius 2 is 1.54 bits per heavy atom. The highest BCUT2D eigenvalue weighted by Gasteiger charge is 2.26. The van der Waals surface area contributed by atoms with Crippen LogP contribution in [0.4, 0.5) is 4.39 Å². The monoisotopic (exact) mass is 186 g/mol. The summed E-state index contributed by atoms with van der Waals surface area (Å²) in [5.41, 5.74) is -0.955. The minimum absolute atomic E-state index is 0.655. The summed E-state index contributed by atoms with van der Waals surface area (Å²) in [4.78, 5) is 0. The Kier molecular flexibility index (Phi) is 3.75. The van der Waals surface area contributed by atoms with Gasteiger partial charge in [-0.05, 0) is 32.1 Å². The molecule has 1 saturated carbocycles. The van der Waals surface area contributed by atoms with Gasteiger partial charge < -0.3 is 0 Å². The molecular weight excluding hydrogens is 163 g/mol. The first-order valence-corrected chi connectivity index (χ1v) is 5.70. The Morgan fingerprint density at radius 1 is 1.08 bits per heavy atom. The highest BCUT2D eigenvalue weighted by Crippen LogP contribution is 2.35. The van der Waals surface area contributed by atoms with E-state index in [2.05, 4.69) is 6.92 Å². The van der Waals surface area contributed by atoms with Gasteiger partial charge in [-0.25, -0.2) is 4.39 Å². The third-order valence-electron chi connectivity index (χ3n) is 3.32. The summed E-state index contributed by atoms with van der Waals surface area (Å²) in [6.07, 6.45) is 7.25. The summed E-state index contributed by atoms with van der Waals surface area (Å²) in [6, 6.07) is 0. The van der Waals surface area contributed by atoms with Crippen LogP contribution in [0.2, 0.25) is 0 Å². The zero-order valence-electron chi connectivity index (χ0n) is 9.28. The van der Waals surface area contributed by atoms with Crippen molar-refractivity contribution in [1.82, 2.24) is 0 Å². The topological polar surface area (TPSA) is 0 Å². The fourth-order valence-corrected chi connectivity index (χ4v) is 2.53. The minimum Gasteiger partial charge on any atom is -0.244 e. The van der Waals surface area contributed by atoms with Crippen molar-refractivity contribution in [3.63, 3.8) is 0 Å². The first-order valence-electron chi connectivity index (χ1n) is 5.70. The SMILES string of the molecule is CCC1CCC(CC(C)(C)F)CC1. The molecule has 0 aromatic rings. The summed E-state index contributed by atoms with van der Waals surface area (Å²) in [7, 11) is 0. The predicted molar refractivity (Wildman–Crippen MR) is 55.5 cm³/mol. The van der Waals surface area contributed by atoms with E-state index < -0.39 is 5.67 Å². The normalized spacial score (nSPS) is 30.5. The Hall–Kier alpha value is -0.0700. The van der Waals surface area contributed by atoms with Crippen LogP contribution in [0.5, 0.6) is 0 Å². The smallest absolute Gasteiger partial charge is 0.105 e. The Bertz CT molecular complexity index is 138. The molecule has 0 spiro atoms. The van der Waals surface area contributed by atoms with E-state index in [1.165, 1.54) is 32.1 Å². The summed E-state index contributed by atoms with van der Waals surface area (Å²) in [5, 5.41) is 0. The van der Waals surface area contributed by atoms with Gasteiger partial charge >= 0.3 is 0 Å². The number of alkyl halides is 1. The van der Waals surface area contributed by atoms with Crippen LogP contribution in [0.1, 0.15) is 59.3 Å². The van der Waals surface area contributed by atoms with Gasteiger partial charge in [0.05, 0.1) is 0 Å². The molecule has 1 aliphatic rings. The molecule has 0 N–H and O–H groups in total. The van der Waals surface area contributed by atoms with Crippen molar-refractivity contribution < 1.29 is 4.39 Å². The quantitative estimate of drug-likeness (QED) is 0.615. The van der Waals surface area contributed by atoms with Gasteiger partial charge in [0.25, 0.3) is 0 Å². The Balaban J connectivity index is 2.25. The van der Waals surface area contributed by atoms with E-state index in [0.717, 1.165) is 12.3 Å². The maximum atomic E-state index is 13.4. The van der Waals surface area contributed by atoms with Gasteiger partial charge in [-0.3, -0.25) is 0 Å². The lowest BCUT2D eigenvalue weighted by Gasteiger charge is -2.30. The zero-order chi connectivity index (χ0) is 9.90. The summed E-state index contributed by atoms with van der Waals surface area (Å²) in [6.45, 7) is 5.68. The van der Waals surface area contributed by atoms with Gasteiger partial charge in [0.1, 0.15) is 5.67 Å². The zero-order valence-corrected chi connectivity index (χ0v) is 9.28.